The summed E-state index contributed by atoms with van der Waals surface area (Å²) in [5.74, 6) is -1.51. The molecule has 2 unspecified atom stereocenters. The van der Waals surface area contributed by atoms with Gasteiger partial charge in [-0.15, -0.1) is 0 Å². The highest BCUT2D eigenvalue weighted by Crippen LogP contribution is 2.24. The molecule has 0 aromatic heterocycles. The van der Waals surface area contributed by atoms with Crippen LogP contribution in [0.15, 0.2) is 0 Å². The van der Waals surface area contributed by atoms with Crippen LogP contribution in [0.1, 0.15) is 13.3 Å². The van der Waals surface area contributed by atoms with E-state index < -0.39 is 5.97 Å². The molecular weight excluding hydrogens is 252 g/mol. The quantitative estimate of drug-likeness (QED) is 0.741. The molecule has 2 atom stereocenters. The molecule has 0 aliphatic carbocycles. The first kappa shape index (κ1) is 15.3. The average molecular weight is 272 g/mol. The summed E-state index contributed by atoms with van der Waals surface area (Å²) in [4.78, 5) is 37.0. The summed E-state index contributed by atoms with van der Waals surface area (Å²) in [5.41, 5.74) is 0. The number of hydrogen-bond donors (Lipinski definition) is 1. The Morgan fingerprint density at radius 2 is 2.00 bits per heavy atom. The highest BCUT2D eigenvalue weighted by atomic mass is 16.5. The second kappa shape index (κ2) is 6.40. The van der Waals surface area contributed by atoms with Crippen LogP contribution in [0.3, 0.4) is 0 Å². The molecular formula is C12H20N2O5. The summed E-state index contributed by atoms with van der Waals surface area (Å²) in [7, 11) is 2.89. The van der Waals surface area contributed by atoms with Gasteiger partial charge in [0.1, 0.15) is 0 Å². The number of hydrogen-bond acceptors (Lipinski definition) is 4. The molecule has 0 aromatic rings. The first-order chi connectivity index (χ1) is 8.86. The number of nitrogens with zero attached hydrogens (tertiary/aromatic N) is 2. The largest absolute Gasteiger partial charge is 0.481 e. The Hall–Kier alpha value is -1.79. The summed E-state index contributed by atoms with van der Waals surface area (Å²) >= 11 is 0. The molecule has 19 heavy (non-hydrogen) atoms. The number of ether oxygens (including phenoxy) is 1. The fourth-order valence-electron chi connectivity index (χ4n) is 2.18. The van der Waals surface area contributed by atoms with Gasteiger partial charge in [-0.2, -0.15) is 0 Å². The van der Waals surface area contributed by atoms with Gasteiger partial charge in [0, 0.05) is 26.7 Å². The molecule has 1 N–H and O–H groups in total. The summed E-state index contributed by atoms with van der Waals surface area (Å²) in [6.45, 7) is 2.86. The van der Waals surface area contributed by atoms with E-state index in [9.17, 15) is 14.4 Å². The zero-order valence-electron chi connectivity index (χ0n) is 11.5. The lowest BCUT2D eigenvalue weighted by atomic mass is 9.99. The lowest BCUT2D eigenvalue weighted by Gasteiger charge is -2.24. The zero-order valence-corrected chi connectivity index (χ0v) is 11.5. The van der Waals surface area contributed by atoms with E-state index >= 15 is 0 Å². The van der Waals surface area contributed by atoms with Crippen LogP contribution in [0.5, 0.6) is 0 Å². The van der Waals surface area contributed by atoms with Gasteiger partial charge >= 0.3 is 18.0 Å². The molecule has 1 aliphatic rings. The molecule has 108 valence electrons. The smallest absolute Gasteiger partial charge is 0.319 e. The highest BCUT2D eigenvalue weighted by molar-refractivity contribution is 5.78. The van der Waals surface area contributed by atoms with Crippen LogP contribution in [0.25, 0.3) is 0 Å². The third kappa shape index (κ3) is 3.84. The molecule has 1 aliphatic heterocycles. The SMILES string of the molecule is COC(=O)C1CN(C(=O)N(C)CCC(=O)O)CC1C. The number of carbonyl (C=O) groups is 3. The second-order valence-corrected chi connectivity index (χ2v) is 4.86. The number of methoxy groups -OCH3 is 1. The van der Waals surface area contributed by atoms with Crippen molar-refractivity contribution in [3.63, 3.8) is 0 Å². The standard InChI is InChI=1S/C12H20N2O5/c1-8-6-14(7-9(8)11(17)19-3)12(18)13(2)5-4-10(15)16/h8-9H,4-7H2,1-3H3,(H,15,16). The Bertz CT molecular complexity index is 371. The molecule has 2 amide bonds. The molecule has 1 fully saturated rings. The van der Waals surface area contributed by atoms with Crippen LogP contribution in [-0.2, 0) is 14.3 Å². The maximum absolute atomic E-state index is 12.1. The number of amides is 2. The summed E-state index contributed by atoms with van der Waals surface area (Å²) in [6.07, 6.45) is -0.0912. The number of aliphatic carboxylic acids is 1. The van der Waals surface area contributed by atoms with Crippen molar-refractivity contribution >= 4 is 18.0 Å². The lowest BCUT2D eigenvalue weighted by Crippen LogP contribution is -2.41. The van der Waals surface area contributed by atoms with Gasteiger partial charge in [-0.25, -0.2) is 4.79 Å². The Balaban J connectivity index is 2.55. The van der Waals surface area contributed by atoms with E-state index in [2.05, 4.69) is 0 Å². The monoisotopic (exact) mass is 272 g/mol. The van der Waals surface area contributed by atoms with Crippen molar-refractivity contribution in [2.24, 2.45) is 11.8 Å². The van der Waals surface area contributed by atoms with Crippen molar-refractivity contribution in [2.45, 2.75) is 13.3 Å². The fraction of sp³-hybridized carbons (Fsp3) is 0.750. The predicted octanol–water partition coefficient (Wildman–Crippen LogP) is 0.254. The van der Waals surface area contributed by atoms with E-state index in [-0.39, 0.29) is 36.8 Å². The van der Waals surface area contributed by atoms with Gasteiger partial charge in [0.2, 0.25) is 0 Å². The number of likely N-dealkylation sites (tertiary alicyclic amines) is 1. The van der Waals surface area contributed by atoms with Crippen molar-refractivity contribution in [2.75, 3.05) is 33.8 Å². The van der Waals surface area contributed by atoms with Crippen molar-refractivity contribution in [1.29, 1.82) is 0 Å². The molecule has 0 radical (unpaired) electrons. The first-order valence-corrected chi connectivity index (χ1v) is 6.16. The normalized spacial score (nSPS) is 22.2. The Labute approximate surface area is 112 Å². The molecule has 7 nitrogen and oxygen atoms in total. The topological polar surface area (TPSA) is 87.2 Å². The third-order valence-electron chi connectivity index (χ3n) is 3.37. The van der Waals surface area contributed by atoms with Crippen LogP contribution < -0.4 is 0 Å². The van der Waals surface area contributed by atoms with Crippen LogP contribution in [0.2, 0.25) is 0 Å². The molecule has 1 rings (SSSR count). The summed E-state index contributed by atoms with van der Waals surface area (Å²) < 4.78 is 4.70. The summed E-state index contributed by atoms with van der Waals surface area (Å²) in [5, 5.41) is 8.59. The van der Waals surface area contributed by atoms with Gasteiger partial charge in [-0.05, 0) is 5.92 Å². The lowest BCUT2D eigenvalue weighted by molar-refractivity contribution is -0.146. The number of carboxylic acids is 1. The van der Waals surface area contributed by atoms with Crippen molar-refractivity contribution < 1.29 is 24.2 Å². The van der Waals surface area contributed by atoms with Crippen molar-refractivity contribution in [1.82, 2.24) is 9.80 Å². The molecule has 1 heterocycles. The van der Waals surface area contributed by atoms with Gasteiger partial charge in [-0.1, -0.05) is 6.92 Å². The van der Waals surface area contributed by atoms with E-state index in [0.717, 1.165) is 0 Å². The van der Waals surface area contributed by atoms with Crippen LogP contribution >= 0.6 is 0 Å². The van der Waals surface area contributed by atoms with Gasteiger partial charge in [0.05, 0.1) is 19.4 Å². The number of carbonyl (C=O) groups excluding carboxylic acids is 2. The number of esters is 1. The molecule has 0 aromatic carbocycles. The number of carboxylic acid groups (broad SMARTS) is 1. The molecule has 1 saturated heterocycles. The minimum atomic E-state index is -0.943. The Morgan fingerprint density at radius 1 is 1.37 bits per heavy atom. The van der Waals surface area contributed by atoms with Gasteiger partial charge in [-0.3, -0.25) is 9.59 Å². The molecule has 0 spiro atoms. The van der Waals surface area contributed by atoms with Crippen molar-refractivity contribution in [3.8, 4) is 0 Å². The van der Waals surface area contributed by atoms with Gasteiger partial charge in [0.25, 0.3) is 0 Å². The highest BCUT2D eigenvalue weighted by Gasteiger charge is 2.38. The minimum absolute atomic E-state index is 0.0456. The Morgan fingerprint density at radius 3 is 2.53 bits per heavy atom. The van der Waals surface area contributed by atoms with Gasteiger partial charge < -0.3 is 19.6 Å². The third-order valence-corrected chi connectivity index (χ3v) is 3.37. The molecule has 0 bridgehead atoms. The van der Waals surface area contributed by atoms with Crippen LogP contribution in [0.4, 0.5) is 4.79 Å². The first-order valence-electron chi connectivity index (χ1n) is 6.16. The predicted molar refractivity (Wildman–Crippen MR) is 66.5 cm³/mol. The maximum Gasteiger partial charge on any atom is 0.319 e. The van der Waals surface area contributed by atoms with Gasteiger partial charge in [0.15, 0.2) is 0 Å². The fourth-order valence-corrected chi connectivity index (χ4v) is 2.18. The Kier molecular flexibility index (Phi) is 5.14. The summed E-state index contributed by atoms with van der Waals surface area (Å²) in [6, 6.07) is -0.250. The van der Waals surface area contributed by atoms with E-state index in [1.807, 2.05) is 6.92 Å². The van der Waals surface area contributed by atoms with E-state index in [0.29, 0.717) is 13.1 Å². The van der Waals surface area contributed by atoms with Crippen LogP contribution in [-0.4, -0.2) is 66.7 Å². The van der Waals surface area contributed by atoms with E-state index in [1.165, 1.54) is 12.0 Å². The molecule has 0 saturated carbocycles. The number of rotatable bonds is 4. The van der Waals surface area contributed by atoms with E-state index in [1.54, 1.807) is 11.9 Å². The molecule has 7 heteroatoms. The zero-order chi connectivity index (χ0) is 14.6. The second-order valence-electron chi connectivity index (χ2n) is 4.86. The van der Waals surface area contributed by atoms with E-state index in [4.69, 9.17) is 9.84 Å². The maximum atomic E-state index is 12.1. The number of urea groups is 1. The van der Waals surface area contributed by atoms with Crippen molar-refractivity contribution in [3.05, 3.63) is 0 Å². The van der Waals surface area contributed by atoms with Crippen LogP contribution in [0, 0.1) is 11.8 Å². The average Bonchev–Trinajstić information content (AvgIpc) is 2.76. The minimum Gasteiger partial charge on any atom is -0.481 e.